The second-order valence-corrected chi connectivity index (χ2v) is 5.27. The van der Waals surface area contributed by atoms with Gasteiger partial charge in [0.05, 0.1) is 0 Å². The number of aromatic nitrogens is 1. The van der Waals surface area contributed by atoms with Gasteiger partial charge in [-0.25, -0.2) is 0 Å². The quantitative estimate of drug-likeness (QED) is 0.917. The van der Waals surface area contributed by atoms with E-state index in [9.17, 15) is 0 Å². The van der Waals surface area contributed by atoms with Crippen molar-refractivity contribution in [2.75, 3.05) is 6.54 Å². The number of fused-ring (bicyclic) bond motifs is 1. The Morgan fingerprint density at radius 1 is 1.38 bits per heavy atom. The molecule has 0 fully saturated rings. The molecule has 0 bridgehead atoms. The summed E-state index contributed by atoms with van der Waals surface area (Å²) in [5, 5.41) is 1.31. The maximum atomic E-state index is 5.65. The molecule has 0 saturated heterocycles. The van der Waals surface area contributed by atoms with Crippen LogP contribution in [0.1, 0.15) is 25.5 Å². The molecule has 3 heteroatoms. The van der Waals surface area contributed by atoms with Gasteiger partial charge >= 0.3 is 0 Å². The molecule has 16 heavy (non-hydrogen) atoms. The number of rotatable bonds is 3. The van der Waals surface area contributed by atoms with Gasteiger partial charge in [0, 0.05) is 27.6 Å². The standard InChI is InChI=1S/C13H17BrN2/c1-9(2)16-8-10(5-6-15)12-7-11(14)3-4-13(12)16/h3-4,7-9H,5-6,15H2,1-2H3. The van der Waals surface area contributed by atoms with Gasteiger partial charge in [-0.05, 0) is 50.6 Å². The number of benzene rings is 1. The molecule has 1 heterocycles. The molecule has 86 valence electrons. The first-order chi connectivity index (χ1) is 7.63. The molecule has 0 aliphatic rings. The largest absolute Gasteiger partial charge is 0.345 e. The zero-order chi connectivity index (χ0) is 11.7. The Kier molecular flexibility index (Phi) is 3.36. The van der Waals surface area contributed by atoms with E-state index in [1.165, 1.54) is 16.5 Å². The minimum absolute atomic E-state index is 0.482. The summed E-state index contributed by atoms with van der Waals surface area (Å²) >= 11 is 3.52. The lowest BCUT2D eigenvalue weighted by Gasteiger charge is -2.08. The van der Waals surface area contributed by atoms with Gasteiger partial charge < -0.3 is 10.3 Å². The molecule has 2 N–H and O–H groups in total. The summed E-state index contributed by atoms with van der Waals surface area (Å²) in [6.45, 7) is 5.10. The van der Waals surface area contributed by atoms with Crippen molar-refractivity contribution in [1.29, 1.82) is 0 Å². The van der Waals surface area contributed by atoms with Gasteiger partial charge in [0.2, 0.25) is 0 Å². The smallest absolute Gasteiger partial charge is 0.0486 e. The van der Waals surface area contributed by atoms with Crippen molar-refractivity contribution >= 4 is 26.8 Å². The predicted octanol–water partition coefficient (Wildman–Crippen LogP) is 3.49. The molecule has 0 aliphatic heterocycles. The van der Waals surface area contributed by atoms with E-state index in [2.05, 4.69) is 58.7 Å². The van der Waals surface area contributed by atoms with Gasteiger partial charge in [-0.1, -0.05) is 15.9 Å². The molecule has 0 unspecified atom stereocenters. The SMILES string of the molecule is CC(C)n1cc(CCN)c2cc(Br)ccc21. The highest BCUT2D eigenvalue weighted by atomic mass is 79.9. The first-order valence-electron chi connectivity index (χ1n) is 5.62. The molecule has 2 rings (SSSR count). The van der Waals surface area contributed by atoms with Crippen LogP contribution in [0.2, 0.25) is 0 Å². The highest BCUT2D eigenvalue weighted by Crippen LogP contribution is 2.27. The van der Waals surface area contributed by atoms with E-state index < -0.39 is 0 Å². The summed E-state index contributed by atoms with van der Waals surface area (Å²) in [7, 11) is 0. The number of nitrogens with zero attached hydrogens (tertiary/aromatic N) is 1. The van der Waals surface area contributed by atoms with Crippen molar-refractivity contribution in [3.05, 3.63) is 34.4 Å². The van der Waals surface area contributed by atoms with Crippen LogP contribution in [-0.2, 0) is 6.42 Å². The second-order valence-electron chi connectivity index (χ2n) is 4.36. The van der Waals surface area contributed by atoms with E-state index in [1.54, 1.807) is 0 Å². The van der Waals surface area contributed by atoms with E-state index >= 15 is 0 Å². The minimum Gasteiger partial charge on any atom is -0.345 e. The maximum absolute atomic E-state index is 5.65. The molecule has 1 aromatic heterocycles. The summed E-state index contributed by atoms with van der Waals surface area (Å²) in [4.78, 5) is 0. The molecule has 0 aliphatic carbocycles. The van der Waals surface area contributed by atoms with Crippen LogP contribution in [0.4, 0.5) is 0 Å². The molecular formula is C13H17BrN2. The van der Waals surface area contributed by atoms with Gasteiger partial charge in [0.1, 0.15) is 0 Å². The first-order valence-corrected chi connectivity index (χ1v) is 6.42. The lowest BCUT2D eigenvalue weighted by atomic mass is 10.1. The number of halogens is 1. The van der Waals surface area contributed by atoms with Gasteiger partial charge in [0.15, 0.2) is 0 Å². The fourth-order valence-corrected chi connectivity index (χ4v) is 2.44. The fourth-order valence-electron chi connectivity index (χ4n) is 2.08. The lowest BCUT2D eigenvalue weighted by molar-refractivity contribution is 0.621. The predicted molar refractivity (Wildman–Crippen MR) is 72.8 cm³/mol. The van der Waals surface area contributed by atoms with Crippen LogP contribution in [0.5, 0.6) is 0 Å². The summed E-state index contributed by atoms with van der Waals surface area (Å²) in [5.74, 6) is 0. The third-order valence-corrected chi connectivity index (χ3v) is 3.34. The van der Waals surface area contributed by atoms with E-state index in [0.29, 0.717) is 12.6 Å². The molecule has 0 spiro atoms. The van der Waals surface area contributed by atoms with Crippen molar-refractivity contribution in [3.8, 4) is 0 Å². The van der Waals surface area contributed by atoms with Crippen molar-refractivity contribution in [2.45, 2.75) is 26.3 Å². The van der Waals surface area contributed by atoms with Crippen molar-refractivity contribution in [3.63, 3.8) is 0 Å². The molecule has 0 saturated carbocycles. The van der Waals surface area contributed by atoms with Crippen LogP contribution in [0.25, 0.3) is 10.9 Å². The molecule has 2 nitrogen and oxygen atoms in total. The Balaban J connectivity index is 2.66. The highest BCUT2D eigenvalue weighted by Gasteiger charge is 2.10. The van der Waals surface area contributed by atoms with Crippen LogP contribution >= 0.6 is 15.9 Å². The number of hydrogen-bond acceptors (Lipinski definition) is 1. The third-order valence-electron chi connectivity index (χ3n) is 2.85. The van der Waals surface area contributed by atoms with E-state index in [1.807, 2.05) is 0 Å². The fraction of sp³-hybridized carbons (Fsp3) is 0.385. The summed E-state index contributed by atoms with van der Waals surface area (Å²) in [5.41, 5.74) is 8.29. The second kappa shape index (κ2) is 4.60. The molecule has 1 aromatic carbocycles. The van der Waals surface area contributed by atoms with E-state index in [0.717, 1.165) is 10.9 Å². The average molecular weight is 281 g/mol. The molecule has 0 radical (unpaired) electrons. The van der Waals surface area contributed by atoms with E-state index in [4.69, 9.17) is 5.73 Å². The Bertz CT molecular complexity index is 500. The zero-order valence-corrected chi connectivity index (χ0v) is 11.3. The van der Waals surface area contributed by atoms with Crippen LogP contribution < -0.4 is 5.73 Å². The van der Waals surface area contributed by atoms with Crippen molar-refractivity contribution < 1.29 is 0 Å². The molecule has 2 aromatic rings. The van der Waals surface area contributed by atoms with Gasteiger partial charge in [-0.15, -0.1) is 0 Å². The number of hydrogen-bond donors (Lipinski definition) is 1. The lowest BCUT2D eigenvalue weighted by Crippen LogP contribution is -2.02. The third kappa shape index (κ3) is 2.02. The Hall–Kier alpha value is -0.800. The average Bonchev–Trinajstić information content (AvgIpc) is 2.58. The van der Waals surface area contributed by atoms with Crippen LogP contribution in [0.3, 0.4) is 0 Å². The zero-order valence-electron chi connectivity index (χ0n) is 9.70. The monoisotopic (exact) mass is 280 g/mol. The van der Waals surface area contributed by atoms with Gasteiger partial charge in [-0.3, -0.25) is 0 Å². The van der Waals surface area contributed by atoms with Crippen LogP contribution in [-0.4, -0.2) is 11.1 Å². The Morgan fingerprint density at radius 2 is 2.12 bits per heavy atom. The summed E-state index contributed by atoms with van der Waals surface area (Å²) in [6, 6.07) is 6.92. The number of nitrogens with two attached hydrogens (primary N) is 1. The Labute approximate surface area is 105 Å². The van der Waals surface area contributed by atoms with Gasteiger partial charge in [-0.2, -0.15) is 0 Å². The van der Waals surface area contributed by atoms with Crippen molar-refractivity contribution in [1.82, 2.24) is 4.57 Å². The normalized spacial score (nSPS) is 11.6. The topological polar surface area (TPSA) is 30.9 Å². The van der Waals surface area contributed by atoms with Gasteiger partial charge in [0.25, 0.3) is 0 Å². The molecule has 0 amide bonds. The van der Waals surface area contributed by atoms with Crippen molar-refractivity contribution in [2.24, 2.45) is 5.73 Å². The molecular weight excluding hydrogens is 264 g/mol. The highest BCUT2D eigenvalue weighted by molar-refractivity contribution is 9.10. The summed E-state index contributed by atoms with van der Waals surface area (Å²) in [6.07, 6.45) is 3.17. The first kappa shape index (κ1) is 11.7. The molecule has 0 atom stereocenters. The van der Waals surface area contributed by atoms with Crippen LogP contribution in [0.15, 0.2) is 28.9 Å². The van der Waals surface area contributed by atoms with Crippen LogP contribution in [0, 0.1) is 0 Å². The minimum atomic E-state index is 0.482. The van der Waals surface area contributed by atoms with E-state index in [-0.39, 0.29) is 0 Å². The maximum Gasteiger partial charge on any atom is 0.0486 e. The summed E-state index contributed by atoms with van der Waals surface area (Å²) < 4.78 is 3.44. The Morgan fingerprint density at radius 3 is 2.75 bits per heavy atom.